The molecule has 2 aromatic carbocycles. The lowest BCUT2D eigenvalue weighted by Crippen LogP contribution is -2.46. The molecule has 5 rings (SSSR count). The number of amides is 1. The van der Waals surface area contributed by atoms with Crippen LogP contribution in [0.2, 0.25) is 0 Å². The van der Waals surface area contributed by atoms with Crippen molar-refractivity contribution in [3.63, 3.8) is 0 Å². The van der Waals surface area contributed by atoms with Gasteiger partial charge in [0.15, 0.2) is 0 Å². The van der Waals surface area contributed by atoms with Crippen LogP contribution in [0.5, 0.6) is 5.75 Å². The van der Waals surface area contributed by atoms with E-state index in [1.807, 2.05) is 23.1 Å². The molecule has 2 heterocycles. The SMILES string of the molecule is CCCN(CC1CC1)C(=O)c1ccc(C2=CC3(CCNCC3)Oc3ccccc32)cc1. The van der Waals surface area contributed by atoms with Crippen molar-refractivity contribution in [3.8, 4) is 5.75 Å². The molecule has 4 nitrogen and oxygen atoms in total. The Kier molecular flexibility index (Phi) is 5.58. The van der Waals surface area contributed by atoms with Gasteiger partial charge in [-0.3, -0.25) is 4.79 Å². The van der Waals surface area contributed by atoms with E-state index in [9.17, 15) is 4.79 Å². The molecule has 31 heavy (non-hydrogen) atoms. The lowest BCUT2D eigenvalue weighted by molar-refractivity contribution is 0.0747. The van der Waals surface area contributed by atoms with Crippen LogP contribution in [0, 0.1) is 5.92 Å². The Bertz CT molecular complexity index is 969. The van der Waals surface area contributed by atoms with E-state index in [4.69, 9.17) is 4.74 Å². The molecule has 3 aliphatic rings. The average molecular weight is 417 g/mol. The summed E-state index contributed by atoms with van der Waals surface area (Å²) in [6.45, 7) is 5.81. The summed E-state index contributed by atoms with van der Waals surface area (Å²) in [7, 11) is 0. The summed E-state index contributed by atoms with van der Waals surface area (Å²) in [4.78, 5) is 15.2. The molecule has 1 aliphatic carbocycles. The maximum absolute atomic E-state index is 13.1. The highest BCUT2D eigenvalue weighted by atomic mass is 16.5. The van der Waals surface area contributed by atoms with E-state index >= 15 is 0 Å². The zero-order valence-electron chi connectivity index (χ0n) is 18.4. The topological polar surface area (TPSA) is 41.6 Å². The number of carbonyl (C=O) groups is 1. The molecule has 162 valence electrons. The van der Waals surface area contributed by atoms with Crippen molar-refractivity contribution in [2.45, 2.75) is 44.6 Å². The molecular formula is C27H32N2O2. The molecule has 1 amide bonds. The summed E-state index contributed by atoms with van der Waals surface area (Å²) >= 11 is 0. The predicted molar refractivity (Wildman–Crippen MR) is 124 cm³/mol. The van der Waals surface area contributed by atoms with Crippen LogP contribution in [-0.2, 0) is 0 Å². The third-order valence-corrected chi connectivity index (χ3v) is 6.75. The largest absolute Gasteiger partial charge is 0.482 e. The van der Waals surface area contributed by atoms with Gasteiger partial charge in [-0.25, -0.2) is 0 Å². The van der Waals surface area contributed by atoms with E-state index in [-0.39, 0.29) is 11.5 Å². The van der Waals surface area contributed by atoms with E-state index in [1.54, 1.807) is 0 Å². The lowest BCUT2D eigenvalue weighted by Gasteiger charge is -2.40. The van der Waals surface area contributed by atoms with Gasteiger partial charge in [0.05, 0.1) is 0 Å². The van der Waals surface area contributed by atoms with Crippen LogP contribution in [0.3, 0.4) is 0 Å². The van der Waals surface area contributed by atoms with Crippen molar-refractivity contribution in [2.75, 3.05) is 26.2 Å². The summed E-state index contributed by atoms with van der Waals surface area (Å²) in [5, 5.41) is 3.44. The molecule has 0 radical (unpaired) electrons. The van der Waals surface area contributed by atoms with Crippen LogP contribution in [0.4, 0.5) is 0 Å². The number of piperidine rings is 1. The number of benzene rings is 2. The number of nitrogens with zero attached hydrogens (tertiary/aromatic N) is 1. The van der Waals surface area contributed by atoms with E-state index < -0.39 is 0 Å². The first-order valence-electron chi connectivity index (χ1n) is 11.8. The normalized spacial score (nSPS) is 19.3. The number of fused-ring (bicyclic) bond motifs is 1. The van der Waals surface area contributed by atoms with Gasteiger partial charge in [0.25, 0.3) is 5.91 Å². The number of rotatable bonds is 6. The van der Waals surface area contributed by atoms with E-state index in [0.29, 0.717) is 5.92 Å². The zero-order chi connectivity index (χ0) is 21.3. The Labute approximate surface area is 185 Å². The minimum absolute atomic E-state index is 0.163. The van der Waals surface area contributed by atoms with Crippen molar-refractivity contribution >= 4 is 11.5 Å². The van der Waals surface area contributed by atoms with Crippen molar-refractivity contribution < 1.29 is 9.53 Å². The van der Waals surface area contributed by atoms with Crippen molar-refractivity contribution in [3.05, 3.63) is 71.3 Å². The third-order valence-electron chi connectivity index (χ3n) is 6.75. The minimum atomic E-state index is -0.244. The molecule has 2 aromatic rings. The van der Waals surface area contributed by atoms with Crippen LogP contribution in [0.25, 0.3) is 5.57 Å². The predicted octanol–water partition coefficient (Wildman–Crippen LogP) is 4.90. The highest BCUT2D eigenvalue weighted by Gasteiger charge is 2.37. The van der Waals surface area contributed by atoms with Crippen LogP contribution < -0.4 is 10.1 Å². The van der Waals surface area contributed by atoms with Gasteiger partial charge >= 0.3 is 0 Å². The summed E-state index contributed by atoms with van der Waals surface area (Å²) in [6, 6.07) is 16.5. The Morgan fingerprint density at radius 3 is 2.55 bits per heavy atom. The fourth-order valence-corrected chi connectivity index (χ4v) is 4.84. The van der Waals surface area contributed by atoms with Crippen molar-refractivity contribution in [1.29, 1.82) is 0 Å². The second-order valence-corrected chi connectivity index (χ2v) is 9.24. The van der Waals surface area contributed by atoms with Gasteiger partial charge < -0.3 is 15.0 Å². The number of para-hydroxylation sites is 1. The number of hydrogen-bond donors (Lipinski definition) is 1. The number of hydrogen-bond acceptors (Lipinski definition) is 3. The van der Waals surface area contributed by atoms with Gasteiger partial charge in [-0.2, -0.15) is 0 Å². The second kappa shape index (κ2) is 8.51. The molecule has 1 saturated carbocycles. The maximum Gasteiger partial charge on any atom is 0.253 e. The fourth-order valence-electron chi connectivity index (χ4n) is 4.84. The van der Waals surface area contributed by atoms with Gasteiger partial charge in [0.2, 0.25) is 0 Å². The van der Waals surface area contributed by atoms with Gasteiger partial charge in [0.1, 0.15) is 11.4 Å². The zero-order valence-corrected chi connectivity index (χ0v) is 18.4. The van der Waals surface area contributed by atoms with Crippen LogP contribution >= 0.6 is 0 Å². The van der Waals surface area contributed by atoms with Crippen LogP contribution in [-0.4, -0.2) is 42.6 Å². The van der Waals surface area contributed by atoms with E-state index in [0.717, 1.165) is 67.9 Å². The molecule has 2 fully saturated rings. The number of nitrogens with one attached hydrogen (secondary N) is 1. The maximum atomic E-state index is 13.1. The molecule has 1 N–H and O–H groups in total. The standard InChI is InChI=1S/C27H32N2O2/c1-2-17-29(19-20-7-8-20)26(30)22-11-9-21(10-12-22)24-18-27(13-15-28-16-14-27)31-25-6-4-3-5-23(24)25/h3-6,9-12,18,20,28H,2,7-8,13-17,19H2,1H3. The first kappa shape index (κ1) is 20.3. The summed E-state index contributed by atoms with van der Waals surface area (Å²) in [6.07, 6.45) is 7.78. The first-order valence-corrected chi connectivity index (χ1v) is 11.8. The molecule has 0 bridgehead atoms. The summed E-state index contributed by atoms with van der Waals surface area (Å²) in [5.41, 5.74) is 4.04. The molecular weight excluding hydrogens is 384 g/mol. The Hall–Kier alpha value is -2.59. The monoisotopic (exact) mass is 416 g/mol. The molecule has 0 unspecified atom stereocenters. The van der Waals surface area contributed by atoms with Gasteiger partial charge in [0, 0.05) is 37.1 Å². The average Bonchev–Trinajstić information content (AvgIpc) is 3.63. The van der Waals surface area contributed by atoms with Gasteiger partial charge in [-0.15, -0.1) is 0 Å². The molecule has 2 aliphatic heterocycles. The van der Waals surface area contributed by atoms with Gasteiger partial charge in [-0.05, 0) is 73.7 Å². The fraction of sp³-hybridized carbons (Fsp3) is 0.444. The number of carbonyl (C=O) groups excluding carboxylic acids is 1. The Morgan fingerprint density at radius 2 is 1.84 bits per heavy atom. The van der Waals surface area contributed by atoms with Crippen LogP contribution in [0.15, 0.2) is 54.6 Å². The van der Waals surface area contributed by atoms with Crippen molar-refractivity contribution in [1.82, 2.24) is 10.2 Å². The summed E-state index contributed by atoms with van der Waals surface area (Å²) < 4.78 is 6.50. The highest BCUT2D eigenvalue weighted by molar-refractivity contribution is 5.95. The lowest BCUT2D eigenvalue weighted by atomic mass is 9.83. The second-order valence-electron chi connectivity index (χ2n) is 9.24. The van der Waals surface area contributed by atoms with Gasteiger partial charge in [-0.1, -0.05) is 37.3 Å². The molecule has 0 atom stereocenters. The minimum Gasteiger partial charge on any atom is -0.482 e. The molecule has 4 heteroatoms. The van der Waals surface area contributed by atoms with E-state index in [1.165, 1.54) is 18.4 Å². The molecule has 1 saturated heterocycles. The van der Waals surface area contributed by atoms with E-state index in [2.05, 4.69) is 48.6 Å². The van der Waals surface area contributed by atoms with Crippen LogP contribution in [0.1, 0.15) is 60.5 Å². The molecule has 0 aromatic heterocycles. The third kappa shape index (κ3) is 4.27. The Balaban J connectivity index is 1.44. The quantitative estimate of drug-likeness (QED) is 0.729. The highest BCUT2D eigenvalue weighted by Crippen LogP contribution is 2.42. The summed E-state index contributed by atoms with van der Waals surface area (Å²) in [5.74, 6) is 1.83. The Morgan fingerprint density at radius 1 is 1.10 bits per heavy atom. The first-order chi connectivity index (χ1) is 15.2. The molecule has 1 spiro atoms. The van der Waals surface area contributed by atoms with Crippen molar-refractivity contribution in [2.24, 2.45) is 5.92 Å². The number of ether oxygens (including phenoxy) is 1. The smallest absolute Gasteiger partial charge is 0.253 e.